The molecule has 0 unspecified atom stereocenters. The fraction of sp³-hybridized carbons (Fsp3) is 0.267. The Morgan fingerprint density at radius 1 is 0.976 bits per heavy atom. The summed E-state index contributed by atoms with van der Waals surface area (Å²) in [6, 6.07) is 13.8. The number of nitrogens with one attached hydrogen (secondary N) is 1. The molecule has 220 valence electrons. The van der Waals surface area contributed by atoms with Crippen molar-refractivity contribution < 1.29 is 33.1 Å². The summed E-state index contributed by atoms with van der Waals surface area (Å²) in [5.41, 5.74) is 2.07. The second-order valence-electron chi connectivity index (χ2n) is 9.07. The van der Waals surface area contributed by atoms with Crippen LogP contribution in [0.25, 0.3) is 6.08 Å². The van der Waals surface area contributed by atoms with Crippen LogP contribution in [-0.4, -0.2) is 47.7 Å². The number of thiocarbonyl (C=S) groups is 1. The molecule has 10 nitrogen and oxygen atoms in total. The number of hydrogen-bond donors (Lipinski definition) is 1. The Morgan fingerprint density at radius 2 is 1.71 bits per heavy atom. The monoisotopic (exact) mass is 595 g/mol. The van der Waals surface area contributed by atoms with E-state index in [0.29, 0.717) is 60.3 Å². The Balaban J connectivity index is 1.48. The number of methoxy groups -OCH3 is 1. The fourth-order valence-corrected chi connectivity index (χ4v) is 4.63. The number of rotatable bonds is 13. The van der Waals surface area contributed by atoms with Gasteiger partial charge in [-0.25, -0.2) is 4.39 Å². The van der Waals surface area contributed by atoms with Gasteiger partial charge in [0.15, 0.2) is 22.4 Å². The van der Waals surface area contributed by atoms with Crippen molar-refractivity contribution in [2.45, 2.75) is 26.9 Å². The van der Waals surface area contributed by atoms with E-state index in [1.165, 1.54) is 12.0 Å². The molecule has 3 aromatic rings. The van der Waals surface area contributed by atoms with Crippen LogP contribution in [0.4, 0.5) is 10.1 Å². The second-order valence-corrected chi connectivity index (χ2v) is 9.46. The zero-order valence-corrected chi connectivity index (χ0v) is 24.2. The molecule has 0 aromatic heterocycles. The number of carbonyl (C=O) groups excluding carboxylic acids is 1. The lowest BCUT2D eigenvalue weighted by molar-refractivity contribution is -0.386. The number of nitro groups is 1. The summed E-state index contributed by atoms with van der Waals surface area (Å²) in [5.74, 6) is 0.629. The summed E-state index contributed by atoms with van der Waals surface area (Å²) >= 11 is 5.44. The number of ether oxygens (including phenoxy) is 4. The molecule has 0 aliphatic carbocycles. The molecule has 0 saturated carbocycles. The molecule has 0 radical (unpaired) electrons. The third-order valence-electron chi connectivity index (χ3n) is 6.31. The second kappa shape index (κ2) is 13.8. The van der Waals surface area contributed by atoms with Crippen LogP contribution in [0.3, 0.4) is 0 Å². The molecule has 1 fully saturated rings. The van der Waals surface area contributed by atoms with E-state index < -0.39 is 10.7 Å². The van der Waals surface area contributed by atoms with Crippen LogP contribution in [-0.2, 0) is 17.8 Å². The molecule has 0 spiro atoms. The fourth-order valence-electron chi connectivity index (χ4n) is 4.34. The minimum Gasteiger partial charge on any atom is -0.496 e. The van der Waals surface area contributed by atoms with E-state index in [0.717, 1.165) is 23.8 Å². The summed E-state index contributed by atoms with van der Waals surface area (Å²) < 4.78 is 36.0. The lowest BCUT2D eigenvalue weighted by Crippen LogP contribution is -2.32. The van der Waals surface area contributed by atoms with Crippen molar-refractivity contribution in [2.75, 3.05) is 26.9 Å². The normalized spacial score (nSPS) is 13.7. The molecule has 1 heterocycles. The first-order valence-corrected chi connectivity index (χ1v) is 13.6. The van der Waals surface area contributed by atoms with Gasteiger partial charge in [-0.15, -0.1) is 0 Å². The van der Waals surface area contributed by atoms with Gasteiger partial charge < -0.3 is 24.3 Å². The van der Waals surface area contributed by atoms with Crippen LogP contribution in [0, 0.1) is 15.9 Å². The molecule has 1 aliphatic rings. The number of benzene rings is 3. The minimum atomic E-state index is -0.662. The van der Waals surface area contributed by atoms with Gasteiger partial charge in [0, 0.05) is 24.2 Å². The first-order chi connectivity index (χ1) is 20.2. The number of carbonyl (C=O) groups is 1. The highest BCUT2D eigenvalue weighted by Crippen LogP contribution is 2.31. The average Bonchev–Trinajstić information content (AvgIpc) is 3.23. The van der Waals surface area contributed by atoms with Crippen molar-refractivity contribution >= 4 is 35.0 Å². The molecule has 42 heavy (non-hydrogen) atoms. The van der Waals surface area contributed by atoms with Crippen molar-refractivity contribution in [1.29, 1.82) is 0 Å². The zero-order valence-electron chi connectivity index (χ0n) is 23.3. The quantitative estimate of drug-likeness (QED) is 0.120. The van der Waals surface area contributed by atoms with Crippen LogP contribution in [0.2, 0.25) is 0 Å². The molecule has 1 aliphatic heterocycles. The van der Waals surface area contributed by atoms with E-state index in [-0.39, 0.29) is 29.1 Å². The molecule has 12 heteroatoms. The lowest BCUT2D eigenvalue weighted by atomic mass is 10.1. The van der Waals surface area contributed by atoms with Gasteiger partial charge in [0.05, 0.1) is 25.2 Å². The third-order valence-corrected chi connectivity index (χ3v) is 6.63. The maximum absolute atomic E-state index is 13.7. The van der Waals surface area contributed by atoms with Crippen molar-refractivity contribution in [3.05, 3.63) is 92.9 Å². The number of hydrogen-bond acceptors (Lipinski definition) is 8. The third kappa shape index (κ3) is 7.13. The highest BCUT2D eigenvalue weighted by atomic mass is 32.1. The Labute approximate surface area is 247 Å². The van der Waals surface area contributed by atoms with Crippen molar-refractivity contribution in [2.24, 2.45) is 0 Å². The number of halogens is 1. The summed E-state index contributed by atoms with van der Waals surface area (Å²) in [6.45, 7) is 5.05. The Bertz CT molecular complexity index is 1530. The topological polar surface area (TPSA) is 112 Å². The van der Waals surface area contributed by atoms with Crippen LogP contribution in [0.5, 0.6) is 23.0 Å². The van der Waals surface area contributed by atoms with Gasteiger partial charge in [-0.3, -0.25) is 19.8 Å². The Kier molecular flexibility index (Phi) is 9.92. The molecule has 0 atom stereocenters. The van der Waals surface area contributed by atoms with E-state index in [1.54, 1.807) is 24.3 Å². The molecule has 3 aromatic carbocycles. The average molecular weight is 596 g/mol. The summed E-state index contributed by atoms with van der Waals surface area (Å²) in [4.78, 5) is 25.4. The standard InChI is InChI=1S/C30H30FN3O7S/c1-4-39-26-11-6-19(16-28(26)40-5-2)12-13-33-29(35)23(32-30(33)42)15-20-7-10-25(38-3)21(14-20)18-41-27-17-22(31)8-9-24(27)34(36)37/h6-11,14-17H,4-5,12-13,18H2,1-3H3,(H,32,42)/b23-15+. The SMILES string of the molecule is CCOc1ccc(CCN2C(=O)/C(=C\c3ccc(OC)c(COc4cc(F)ccc4[N+](=O)[O-])c3)NC2=S)cc1OCC. The zero-order chi connectivity index (χ0) is 30.2. The molecule has 4 rings (SSSR count). The smallest absolute Gasteiger partial charge is 0.311 e. The van der Waals surface area contributed by atoms with Gasteiger partial charge in [-0.1, -0.05) is 12.1 Å². The highest BCUT2D eigenvalue weighted by Gasteiger charge is 2.30. The van der Waals surface area contributed by atoms with Crippen LogP contribution in [0.1, 0.15) is 30.5 Å². The van der Waals surface area contributed by atoms with Crippen LogP contribution < -0.4 is 24.3 Å². The van der Waals surface area contributed by atoms with Crippen molar-refractivity contribution in [1.82, 2.24) is 10.2 Å². The number of amides is 1. The first-order valence-electron chi connectivity index (χ1n) is 13.2. The van der Waals surface area contributed by atoms with Gasteiger partial charge in [0.1, 0.15) is 23.9 Å². The van der Waals surface area contributed by atoms with Crippen LogP contribution >= 0.6 is 12.2 Å². The molecule has 1 N–H and O–H groups in total. The Hall–Kier alpha value is -4.71. The highest BCUT2D eigenvalue weighted by molar-refractivity contribution is 7.80. The van der Waals surface area contributed by atoms with Crippen molar-refractivity contribution in [3.8, 4) is 23.0 Å². The number of nitro benzene ring substituents is 1. The lowest BCUT2D eigenvalue weighted by Gasteiger charge is -2.16. The molecule has 0 bridgehead atoms. The largest absolute Gasteiger partial charge is 0.496 e. The van der Waals surface area contributed by atoms with E-state index in [1.807, 2.05) is 32.0 Å². The molecule has 1 saturated heterocycles. The van der Waals surface area contributed by atoms with Gasteiger partial charge in [-0.2, -0.15) is 0 Å². The molecular weight excluding hydrogens is 565 g/mol. The van der Waals surface area contributed by atoms with E-state index >= 15 is 0 Å². The molecule has 1 amide bonds. The predicted molar refractivity (Wildman–Crippen MR) is 158 cm³/mol. The molecular formula is C30H30FN3O7S. The summed E-state index contributed by atoms with van der Waals surface area (Å²) in [6.07, 6.45) is 2.19. The van der Waals surface area contributed by atoms with Gasteiger partial charge in [-0.05, 0) is 80.0 Å². The van der Waals surface area contributed by atoms with Gasteiger partial charge in [0.2, 0.25) is 0 Å². The summed E-state index contributed by atoms with van der Waals surface area (Å²) in [7, 11) is 1.47. The Morgan fingerprint density at radius 3 is 2.43 bits per heavy atom. The number of nitrogens with zero attached hydrogens (tertiary/aromatic N) is 2. The van der Waals surface area contributed by atoms with E-state index in [4.69, 9.17) is 31.2 Å². The maximum Gasteiger partial charge on any atom is 0.311 e. The first kappa shape index (κ1) is 30.3. The van der Waals surface area contributed by atoms with E-state index in [2.05, 4.69) is 5.32 Å². The summed E-state index contributed by atoms with van der Waals surface area (Å²) in [5, 5.41) is 14.6. The van der Waals surface area contributed by atoms with Crippen molar-refractivity contribution in [3.63, 3.8) is 0 Å². The van der Waals surface area contributed by atoms with Gasteiger partial charge >= 0.3 is 5.69 Å². The predicted octanol–water partition coefficient (Wildman–Crippen LogP) is 5.42. The maximum atomic E-state index is 13.7. The van der Waals surface area contributed by atoms with Gasteiger partial charge in [0.25, 0.3) is 5.91 Å². The minimum absolute atomic E-state index is 0.137. The van der Waals surface area contributed by atoms with Crippen LogP contribution in [0.15, 0.2) is 60.3 Å². The van der Waals surface area contributed by atoms with E-state index in [9.17, 15) is 19.3 Å².